The molecule has 0 aromatic rings. The minimum Gasteiger partial charge on any atom is -0.468 e. The van der Waals surface area contributed by atoms with Crippen molar-refractivity contribution in [2.24, 2.45) is 0 Å². The van der Waals surface area contributed by atoms with E-state index in [0.29, 0.717) is 12.4 Å². The number of ether oxygens (including phenoxy) is 2. The summed E-state index contributed by atoms with van der Waals surface area (Å²) >= 11 is 0. The van der Waals surface area contributed by atoms with E-state index < -0.39 is 0 Å². The highest BCUT2D eigenvalue weighted by atomic mass is 16.5. The molecule has 0 heterocycles. The third kappa shape index (κ3) is 3.43. The fourth-order valence-electron chi connectivity index (χ4n) is 0.313. The Kier molecular flexibility index (Phi) is 3.98. The van der Waals surface area contributed by atoms with Gasteiger partial charge in [0.15, 0.2) is 0 Å². The van der Waals surface area contributed by atoms with Crippen LogP contribution in [-0.2, 0) is 9.47 Å². The molecule has 8 heavy (non-hydrogen) atoms. The Morgan fingerprint density at radius 1 is 1.75 bits per heavy atom. The quantitative estimate of drug-likeness (QED) is 0.513. The number of hydrogen-bond acceptors (Lipinski definition) is 2. The van der Waals surface area contributed by atoms with E-state index in [1.54, 1.807) is 7.11 Å². The molecule has 0 radical (unpaired) electrons. The first kappa shape index (κ1) is 7.24. The summed E-state index contributed by atoms with van der Waals surface area (Å²) in [7, 11) is 1.58. The van der Waals surface area contributed by atoms with E-state index in [4.69, 9.17) is 4.74 Å². The molecule has 0 aliphatic heterocycles. The van der Waals surface area contributed by atoms with Crippen LogP contribution in [-0.4, -0.2) is 13.7 Å². The lowest BCUT2D eigenvalue weighted by atomic mass is 10.6. The minimum absolute atomic E-state index is 0.423. The van der Waals surface area contributed by atoms with Crippen molar-refractivity contribution in [2.45, 2.75) is 0 Å². The molecule has 0 N–H and O–H groups in total. The lowest BCUT2D eigenvalue weighted by Gasteiger charge is -1.99. The molecule has 0 saturated heterocycles. The molecule has 0 unspecified atom stereocenters. The molecule has 0 atom stereocenters. The highest BCUT2D eigenvalue weighted by Gasteiger charge is 1.86. The van der Waals surface area contributed by atoms with E-state index in [1.165, 1.54) is 6.26 Å². The number of rotatable bonds is 4. The number of methoxy groups -OCH3 is 1. The summed E-state index contributed by atoms with van der Waals surface area (Å²) in [5, 5.41) is 0. The third-order valence-corrected chi connectivity index (χ3v) is 0.555. The second-order valence-electron chi connectivity index (χ2n) is 1.26. The fourth-order valence-corrected chi connectivity index (χ4v) is 0.313. The Bertz CT molecular complexity index is 86.5. The molecule has 46 valence electrons. The Morgan fingerprint density at radius 2 is 2.38 bits per heavy atom. The van der Waals surface area contributed by atoms with Crippen LogP contribution in [0.1, 0.15) is 0 Å². The molecule has 0 aliphatic carbocycles. The average Bonchev–Trinajstić information content (AvgIpc) is 1.68. The van der Waals surface area contributed by atoms with Crippen molar-refractivity contribution in [1.29, 1.82) is 0 Å². The Morgan fingerprint density at radius 3 is 2.75 bits per heavy atom. The summed E-state index contributed by atoms with van der Waals surface area (Å²) in [5.41, 5.74) is 0. The largest absolute Gasteiger partial charge is 0.468 e. The van der Waals surface area contributed by atoms with Gasteiger partial charge in [0.1, 0.15) is 12.4 Å². The molecule has 2 heteroatoms. The first-order valence-corrected chi connectivity index (χ1v) is 2.25. The molecule has 2 nitrogen and oxygen atoms in total. The third-order valence-electron chi connectivity index (χ3n) is 0.555. The molecular weight excluding hydrogens is 104 g/mol. The van der Waals surface area contributed by atoms with Crippen LogP contribution >= 0.6 is 0 Å². The van der Waals surface area contributed by atoms with Crippen LogP contribution in [0, 0.1) is 0 Å². The summed E-state index contributed by atoms with van der Waals surface area (Å²) in [5.74, 6) is 0.572. The van der Waals surface area contributed by atoms with E-state index >= 15 is 0 Å². The summed E-state index contributed by atoms with van der Waals surface area (Å²) in [6.45, 7) is 7.28. The fraction of sp³-hybridized carbons (Fsp3) is 0.333. The first-order valence-electron chi connectivity index (χ1n) is 2.25. The van der Waals surface area contributed by atoms with Crippen molar-refractivity contribution in [3.63, 3.8) is 0 Å². The van der Waals surface area contributed by atoms with Gasteiger partial charge in [0.2, 0.25) is 0 Å². The minimum atomic E-state index is 0.423. The molecule has 0 fully saturated rings. The van der Waals surface area contributed by atoms with Crippen LogP contribution in [0.2, 0.25) is 0 Å². The van der Waals surface area contributed by atoms with Gasteiger partial charge in [-0.2, -0.15) is 0 Å². The average molecular weight is 114 g/mol. The monoisotopic (exact) mass is 114 g/mol. The first-order chi connectivity index (χ1) is 3.81. The van der Waals surface area contributed by atoms with Crippen LogP contribution in [0.25, 0.3) is 0 Å². The van der Waals surface area contributed by atoms with Gasteiger partial charge in [-0.05, 0) is 0 Å². The van der Waals surface area contributed by atoms with Gasteiger partial charge in [-0.15, -0.1) is 0 Å². The van der Waals surface area contributed by atoms with E-state index in [2.05, 4.69) is 17.9 Å². The predicted molar refractivity (Wildman–Crippen MR) is 32.3 cm³/mol. The second kappa shape index (κ2) is 4.40. The summed E-state index contributed by atoms with van der Waals surface area (Å²) < 4.78 is 9.41. The van der Waals surface area contributed by atoms with Crippen molar-refractivity contribution in [3.8, 4) is 0 Å². The van der Waals surface area contributed by atoms with Gasteiger partial charge < -0.3 is 9.47 Å². The van der Waals surface area contributed by atoms with Crippen LogP contribution in [0.15, 0.2) is 25.2 Å². The Balaban J connectivity index is 3.18. The topological polar surface area (TPSA) is 18.5 Å². The van der Waals surface area contributed by atoms with Crippen molar-refractivity contribution < 1.29 is 9.47 Å². The predicted octanol–water partition coefficient (Wildman–Crippen LogP) is 1.31. The van der Waals surface area contributed by atoms with Gasteiger partial charge in [0.25, 0.3) is 0 Å². The van der Waals surface area contributed by atoms with Crippen molar-refractivity contribution >= 4 is 0 Å². The maximum atomic E-state index is 4.73. The molecule has 0 spiro atoms. The summed E-state index contributed by atoms with van der Waals surface area (Å²) in [4.78, 5) is 0. The molecule has 0 aromatic heterocycles. The maximum Gasteiger partial charge on any atom is 0.122 e. The highest BCUT2D eigenvalue weighted by Crippen LogP contribution is 1.91. The van der Waals surface area contributed by atoms with Gasteiger partial charge in [-0.3, -0.25) is 0 Å². The second-order valence-corrected chi connectivity index (χ2v) is 1.26. The van der Waals surface area contributed by atoms with E-state index in [0.717, 1.165) is 0 Å². The smallest absolute Gasteiger partial charge is 0.122 e. The lowest BCUT2D eigenvalue weighted by molar-refractivity contribution is 0.176. The molecule has 0 bridgehead atoms. The molecule has 0 rings (SSSR count). The Labute approximate surface area is 49.4 Å². The van der Waals surface area contributed by atoms with E-state index in [1.807, 2.05) is 0 Å². The van der Waals surface area contributed by atoms with Gasteiger partial charge in [0.05, 0.1) is 6.26 Å². The van der Waals surface area contributed by atoms with E-state index in [9.17, 15) is 0 Å². The summed E-state index contributed by atoms with van der Waals surface area (Å²) in [6.07, 6.45) is 1.32. The van der Waals surface area contributed by atoms with Crippen LogP contribution in [0.5, 0.6) is 0 Å². The van der Waals surface area contributed by atoms with Gasteiger partial charge >= 0.3 is 0 Å². The van der Waals surface area contributed by atoms with Crippen molar-refractivity contribution in [1.82, 2.24) is 0 Å². The zero-order chi connectivity index (χ0) is 6.41. The molecular formula is C6H10O2. The molecule has 0 aromatic carbocycles. The van der Waals surface area contributed by atoms with Gasteiger partial charge in [-0.1, -0.05) is 13.2 Å². The zero-order valence-corrected chi connectivity index (χ0v) is 5.02. The maximum absolute atomic E-state index is 4.73. The zero-order valence-electron chi connectivity index (χ0n) is 5.02. The lowest BCUT2D eigenvalue weighted by Crippen LogP contribution is -1.92. The van der Waals surface area contributed by atoms with Crippen molar-refractivity contribution in [2.75, 3.05) is 13.7 Å². The normalized spacial score (nSPS) is 8.12. The molecule has 0 aliphatic rings. The highest BCUT2D eigenvalue weighted by molar-refractivity contribution is 4.83. The van der Waals surface area contributed by atoms with Gasteiger partial charge in [-0.25, -0.2) is 0 Å². The van der Waals surface area contributed by atoms with Gasteiger partial charge in [0, 0.05) is 7.11 Å². The summed E-state index contributed by atoms with van der Waals surface area (Å²) in [6, 6.07) is 0. The van der Waals surface area contributed by atoms with E-state index in [-0.39, 0.29) is 0 Å². The molecule has 0 saturated carbocycles. The van der Waals surface area contributed by atoms with Crippen LogP contribution in [0.4, 0.5) is 0 Å². The number of hydrogen-bond donors (Lipinski definition) is 0. The van der Waals surface area contributed by atoms with Crippen LogP contribution in [0.3, 0.4) is 0 Å². The molecule has 0 amide bonds. The van der Waals surface area contributed by atoms with Crippen LogP contribution < -0.4 is 0 Å². The van der Waals surface area contributed by atoms with Crippen molar-refractivity contribution in [3.05, 3.63) is 25.2 Å². The Hall–Kier alpha value is -0.760. The SMILES string of the molecule is C=COC(=C)COC. The standard InChI is InChI=1S/C6H10O2/c1-4-8-6(2)5-7-3/h4H,1-2,5H2,3H3.